The van der Waals surface area contributed by atoms with E-state index in [1.54, 1.807) is 0 Å². The fraction of sp³-hybridized carbons (Fsp3) is 0.833. The van der Waals surface area contributed by atoms with Crippen LogP contribution in [0.4, 0.5) is 0 Å². The summed E-state index contributed by atoms with van der Waals surface area (Å²) in [5.74, 6) is 0. The quantitative estimate of drug-likeness (QED) is 0.473. The number of hydrogen-bond donors (Lipinski definition) is 1. The number of rotatable bonds is 7. The van der Waals surface area contributed by atoms with E-state index in [1.807, 2.05) is 0 Å². The highest BCUT2D eigenvalue weighted by atomic mass is 16.3. The molecule has 0 saturated heterocycles. The molecule has 0 aliphatic heterocycles. The molecule has 0 aromatic rings. The van der Waals surface area contributed by atoms with E-state index < -0.39 is 0 Å². The van der Waals surface area contributed by atoms with Gasteiger partial charge in [-0.3, -0.25) is 0 Å². The number of hydrogen-bond acceptors (Lipinski definition) is 1. The first-order valence-electron chi connectivity index (χ1n) is 5.48. The molecule has 0 aromatic heterocycles. The van der Waals surface area contributed by atoms with Gasteiger partial charge in [-0.2, -0.15) is 0 Å². The maximum absolute atomic E-state index is 9.55. The summed E-state index contributed by atoms with van der Waals surface area (Å²) in [5, 5.41) is 9.55. The monoisotopic (exact) mass is 184 g/mol. The van der Waals surface area contributed by atoms with E-state index >= 15 is 0 Å². The molecule has 78 valence electrons. The zero-order chi connectivity index (χ0) is 10.1. The molecule has 0 amide bonds. The van der Waals surface area contributed by atoms with Crippen molar-refractivity contribution >= 4 is 0 Å². The predicted molar refractivity (Wildman–Crippen MR) is 58.8 cm³/mol. The van der Waals surface area contributed by atoms with E-state index in [0.717, 1.165) is 12.8 Å². The molecule has 0 fully saturated rings. The van der Waals surface area contributed by atoms with Gasteiger partial charge in [0.25, 0.3) is 0 Å². The van der Waals surface area contributed by atoms with Crippen LogP contribution < -0.4 is 0 Å². The Morgan fingerprint density at radius 1 is 1.23 bits per heavy atom. The molecular formula is C12H24O. The van der Waals surface area contributed by atoms with Crippen LogP contribution in [0.3, 0.4) is 0 Å². The molecule has 0 aliphatic carbocycles. The Morgan fingerprint density at radius 2 is 1.92 bits per heavy atom. The van der Waals surface area contributed by atoms with Gasteiger partial charge in [0.1, 0.15) is 0 Å². The lowest BCUT2D eigenvalue weighted by Crippen LogP contribution is -2.04. The van der Waals surface area contributed by atoms with Crippen molar-refractivity contribution in [1.29, 1.82) is 0 Å². The maximum Gasteiger partial charge on any atom is 0.0574 e. The largest absolute Gasteiger partial charge is 0.393 e. The SMILES string of the molecule is CCCCCCC(O)CC=C(C)C. The van der Waals surface area contributed by atoms with Gasteiger partial charge in [0.15, 0.2) is 0 Å². The highest BCUT2D eigenvalue weighted by molar-refractivity contribution is 4.93. The summed E-state index contributed by atoms with van der Waals surface area (Å²) in [6, 6.07) is 0. The Balaban J connectivity index is 3.30. The smallest absolute Gasteiger partial charge is 0.0574 e. The Hall–Kier alpha value is -0.300. The second-order valence-electron chi connectivity index (χ2n) is 4.02. The molecule has 0 spiro atoms. The average Bonchev–Trinajstić information content (AvgIpc) is 2.09. The zero-order valence-corrected chi connectivity index (χ0v) is 9.34. The fourth-order valence-electron chi connectivity index (χ4n) is 1.30. The molecule has 1 heteroatoms. The molecular weight excluding hydrogens is 160 g/mol. The van der Waals surface area contributed by atoms with Crippen molar-refractivity contribution in [1.82, 2.24) is 0 Å². The topological polar surface area (TPSA) is 20.2 Å². The molecule has 1 nitrogen and oxygen atoms in total. The van der Waals surface area contributed by atoms with Crippen molar-refractivity contribution in [3.05, 3.63) is 11.6 Å². The van der Waals surface area contributed by atoms with E-state index in [2.05, 4.69) is 26.8 Å². The molecule has 0 saturated carbocycles. The summed E-state index contributed by atoms with van der Waals surface area (Å²) >= 11 is 0. The van der Waals surface area contributed by atoms with Crippen molar-refractivity contribution in [2.24, 2.45) is 0 Å². The van der Waals surface area contributed by atoms with Crippen molar-refractivity contribution in [3.8, 4) is 0 Å². The first-order chi connectivity index (χ1) is 6.16. The second-order valence-corrected chi connectivity index (χ2v) is 4.02. The molecule has 0 aliphatic rings. The van der Waals surface area contributed by atoms with Crippen LogP contribution in [0.15, 0.2) is 11.6 Å². The van der Waals surface area contributed by atoms with Crippen molar-refractivity contribution in [2.45, 2.75) is 65.4 Å². The van der Waals surface area contributed by atoms with E-state index in [0.29, 0.717) is 0 Å². The van der Waals surface area contributed by atoms with Crippen LogP contribution in [0.5, 0.6) is 0 Å². The van der Waals surface area contributed by atoms with E-state index in [1.165, 1.54) is 31.3 Å². The molecule has 0 heterocycles. The molecule has 1 unspecified atom stereocenters. The first-order valence-corrected chi connectivity index (χ1v) is 5.48. The van der Waals surface area contributed by atoms with Crippen molar-refractivity contribution < 1.29 is 5.11 Å². The Morgan fingerprint density at radius 3 is 2.46 bits per heavy atom. The molecule has 13 heavy (non-hydrogen) atoms. The number of unbranched alkanes of at least 4 members (excludes halogenated alkanes) is 3. The second kappa shape index (κ2) is 8.31. The van der Waals surface area contributed by atoms with Gasteiger partial charge in [-0.1, -0.05) is 44.3 Å². The van der Waals surface area contributed by atoms with Gasteiger partial charge in [0, 0.05) is 0 Å². The lowest BCUT2D eigenvalue weighted by atomic mass is 10.1. The Kier molecular flexibility index (Phi) is 8.11. The first kappa shape index (κ1) is 12.7. The standard InChI is InChI=1S/C12H24O/c1-4-5-6-7-8-12(13)10-9-11(2)3/h9,12-13H,4-8,10H2,1-3H3. The summed E-state index contributed by atoms with van der Waals surface area (Å²) in [7, 11) is 0. The highest BCUT2D eigenvalue weighted by Crippen LogP contribution is 2.09. The Bertz CT molecular complexity index is 134. The third kappa shape index (κ3) is 9.62. The summed E-state index contributed by atoms with van der Waals surface area (Å²) in [6.07, 6.45) is 8.79. The lowest BCUT2D eigenvalue weighted by molar-refractivity contribution is 0.163. The molecule has 1 atom stereocenters. The van der Waals surface area contributed by atoms with E-state index in [4.69, 9.17) is 0 Å². The van der Waals surface area contributed by atoms with Gasteiger partial charge in [-0.15, -0.1) is 0 Å². The molecule has 1 N–H and O–H groups in total. The minimum absolute atomic E-state index is 0.119. The minimum Gasteiger partial charge on any atom is -0.393 e. The van der Waals surface area contributed by atoms with Gasteiger partial charge < -0.3 is 5.11 Å². The van der Waals surface area contributed by atoms with Crippen LogP contribution in [0.25, 0.3) is 0 Å². The van der Waals surface area contributed by atoms with Crippen LogP contribution >= 0.6 is 0 Å². The fourth-order valence-corrected chi connectivity index (χ4v) is 1.30. The van der Waals surface area contributed by atoms with Gasteiger partial charge in [-0.25, -0.2) is 0 Å². The van der Waals surface area contributed by atoms with Gasteiger partial charge >= 0.3 is 0 Å². The third-order valence-corrected chi connectivity index (χ3v) is 2.19. The third-order valence-electron chi connectivity index (χ3n) is 2.19. The van der Waals surface area contributed by atoms with Crippen LogP contribution in [0.1, 0.15) is 59.3 Å². The van der Waals surface area contributed by atoms with Crippen molar-refractivity contribution in [3.63, 3.8) is 0 Å². The summed E-state index contributed by atoms with van der Waals surface area (Å²) in [4.78, 5) is 0. The average molecular weight is 184 g/mol. The Labute approximate surface area is 82.9 Å². The van der Waals surface area contributed by atoms with E-state index in [-0.39, 0.29) is 6.10 Å². The molecule has 0 aromatic carbocycles. The van der Waals surface area contributed by atoms with E-state index in [9.17, 15) is 5.11 Å². The normalized spacial score (nSPS) is 12.6. The number of allylic oxidation sites excluding steroid dienone is 1. The predicted octanol–water partition coefficient (Wildman–Crippen LogP) is 3.67. The number of aliphatic hydroxyl groups is 1. The molecule has 0 rings (SSSR count). The van der Waals surface area contributed by atoms with Crippen LogP contribution in [0, 0.1) is 0 Å². The van der Waals surface area contributed by atoms with Crippen LogP contribution in [-0.4, -0.2) is 11.2 Å². The summed E-state index contributed by atoms with van der Waals surface area (Å²) in [6.45, 7) is 6.35. The summed E-state index contributed by atoms with van der Waals surface area (Å²) in [5.41, 5.74) is 1.30. The molecule has 0 bridgehead atoms. The van der Waals surface area contributed by atoms with Crippen LogP contribution in [-0.2, 0) is 0 Å². The zero-order valence-electron chi connectivity index (χ0n) is 9.34. The molecule has 0 radical (unpaired) electrons. The van der Waals surface area contributed by atoms with Crippen LogP contribution in [0.2, 0.25) is 0 Å². The van der Waals surface area contributed by atoms with Gasteiger partial charge in [0.2, 0.25) is 0 Å². The van der Waals surface area contributed by atoms with Gasteiger partial charge in [0.05, 0.1) is 6.10 Å². The summed E-state index contributed by atoms with van der Waals surface area (Å²) < 4.78 is 0. The minimum atomic E-state index is -0.119. The number of aliphatic hydroxyl groups excluding tert-OH is 1. The highest BCUT2D eigenvalue weighted by Gasteiger charge is 2.00. The maximum atomic E-state index is 9.55. The lowest BCUT2D eigenvalue weighted by Gasteiger charge is -2.07. The van der Waals surface area contributed by atoms with Crippen molar-refractivity contribution in [2.75, 3.05) is 0 Å². The van der Waals surface area contributed by atoms with Gasteiger partial charge in [-0.05, 0) is 26.7 Å².